The third-order valence-electron chi connectivity index (χ3n) is 8.80. The minimum atomic E-state index is -0.409. The van der Waals surface area contributed by atoms with Crippen molar-refractivity contribution in [2.24, 2.45) is 11.3 Å². The number of anilines is 1. The van der Waals surface area contributed by atoms with Crippen molar-refractivity contribution in [2.75, 3.05) is 31.6 Å². The number of benzene rings is 1. The lowest BCUT2D eigenvalue weighted by Gasteiger charge is -2.44. The van der Waals surface area contributed by atoms with E-state index in [4.69, 9.17) is 4.74 Å². The highest BCUT2D eigenvalue weighted by Gasteiger charge is 2.65. The summed E-state index contributed by atoms with van der Waals surface area (Å²) in [5, 5.41) is 15.7. The highest BCUT2D eigenvalue weighted by molar-refractivity contribution is 5.96. The number of aryl methyl sites for hydroxylation is 1. The summed E-state index contributed by atoms with van der Waals surface area (Å²) in [6.07, 6.45) is 7.10. The summed E-state index contributed by atoms with van der Waals surface area (Å²) >= 11 is 0. The van der Waals surface area contributed by atoms with E-state index in [0.717, 1.165) is 43.1 Å². The summed E-state index contributed by atoms with van der Waals surface area (Å²) in [6.45, 7) is 7.31. The number of amides is 1. The smallest absolute Gasteiger partial charge is 0.229 e. The molecule has 6 nitrogen and oxygen atoms in total. The number of carbonyl (C=O) groups is 1. The van der Waals surface area contributed by atoms with Crippen LogP contribution in [-0.2, 0) is 9.53 Å². The maximum atomic E-state index is 12.5. The Balaban J connectivity index is 1.18. The zero-order valence-corrected chi connectivity index (χ0v) is 19.1. The van der Waals surface area contributed by atoms with Crippen molar-refractivity contribution in [3.05, 3.63) is 35.5 Å². The number of nitrogens with one attached hydrogen (secondary N) is 1. The predicted octanol–water partition coefficient (Wildman–Crippen LogP) is 3.61. The van der Waals surface area contributed by atoms with Crippen molar-refractivity contribution in [1.29, 1.82) is 0 Å². The first-order chi connectivity index (χ1) is 15.4. The van der Waals surface area contributed by atoms with Crippen molar-refractivity contribution in [1.82, 2.24) is 9.88 Å². The average Bonchev–Trinajstić information content (AvgIpc) is 3.70. The standard InChI is InChI=1S/C26H33N3O3/c1-16-9-19-13-27-23(28-24(31)21-12-26(21)5-6-26)11-18(19)10-20(16)17-3-7-29(8-4-17)25(2)15-32-14-22(25)30/h9-11,13,17,21-22,30H,3-8,12,14-15H2,1-2H3,(H,27,28,31)/t21-,22-,25+/m0/s1. The molecule has 1 spiro atoms. The van der Waals surface area contributed by atoms with Crippen LogP contribution in [0.1, 0.15) is 56.1 Å². The zero-order chi connectivity index (χ0) is 22.1. The van der Waals surface area contributed by atoms with Gasteiger partial charge in [0.2, 0.25) is 5.91 Å². The van der Waals surface area contributed by atoms with Gasteiger partial charge in [-0.05, 0) is 99.0 Å². The van der Waals surface area contributed by atoms with E-state index >= 15 is 0 Å². The van der Waals surface area contributed by atoms with Crippen LogP contribution in [0.2, 0.25) is 0 Å². The van der Waals surface area contributed by atoms with Crippen LogP contribution in [0.4, 0.5) is 5.82 Å². The van der Waals surface area contributed by atoms with E-state index in [1.807, 2.05) is 12.3 Å². The largest absolute Gasteiger partial charge is 0.389 e. The molecule has 6 heteroatoms. The van der Waals surface area contributed by atoms with Crippen LogP contribution in [0, 0.1) is 18.3 Å². The fourth-order valence-electron chi connectivity index (χ4n) is 6.13. The number of aliphatic hydroxyl groups excluding tert-OH is 1. The molecule has 2 N–H and O–H groups in total. The van der Waals surface area contributed by atoms with Crippen molar-refractivity contribution in [2.45, 2.75) is 63.5 Å². The Morgan fingerprint density at radius 3 is 2.66 bits per heavy atom. The number of carbonyl (C=O) groups excluding carboxylic acids is 1. The van der Waals surface area contributed by atoms with E-state index in [1.165, 1.54) is 24.0 Å². The number of piperidine rings is 1. The number of ether oxygens (including phenoxy) is 1. The van der Waals surface area contributed by atoms with Gasteiger partial charge in [-0.2, -0.15) is 0 Å². The van der Waals surface area contributed by atoms with Gasteiger partial charge in [-0.15, -0.1) is 0 Å². The minimum absolute atomic E-state index is 0.139. The first-order valence-electron chi connectivity index (χ1n) is 12.1. The van der Waals surface area contributed by atoms with Crippen LogP contribution in [0.5, 0.6) is 0 Å². The zero-order valence-electron chi connectivity index (χ0n) is 19.1. The quantitative estimate of drug-likeness (QED) is 0.767. The summed E-state index contributed by atoms with van der Waals surface area (Å²) < 4.78 is 5.55. The van der Waals surface area contributed by atoms with Crippen LogP contribution in [0.25, 0.3) is 10.8 Å². The van der Waals surface area contributed by atoms with Gasteiger partial charge in [-0.3, -0.25) is 9.69 Å². The Labute approximate surface area is 189 Å². The molecule has 3 heterocycles. The average molecular weight is 436 g/mol. The maximum Gasteiger partial charge on any atom is 0.229 e. The molecule has 2 aromatic rings. The number of pyridine rings is 1. The third-order valence-corrected chi connectivity index (χ3v) is 8.80. The normalized spacial score (nSPS) is 31.8. The van der Waals surface area contributed by atoms with E-state index in [1.54, 1.807) is 0 Å². The Kier molecular flexibility index (Phi) is 4.66. The van der Waals surface area contributed by atoms with Gasteiger partial charge < -0.3 is 15.2 Å². The van der Waals surface area contributed by atoms with Gasteiger partial charge in [0, 0.05) is 17.5 Å². The molecule has 4 aliphatic rings. The van der Waals surface area contributed by atoms with Crippen LogP contribution >= 0.6 is 0 Å². The molecule has 0 bridgehead atoms. The van der Waals surface area contributed by atoms with E-state index in [0.29, 0.717) is 30.4 Å². The Hall–Kier alpha value is -2.02. The summed E-state index contributed by atoms with van der Waals surface area (Å²) in [6, 6.07) is 6.56. The van der Waals surface area contributed by atoms with E-state index < -0.39 is 6.10 Å². The van der Waals surface area contributed by atoms with Gasteiger partial charge in [0.15, 0.2) is 0 Å². The topological polar surface area (TPSA) is 74.7 Å². The number of aromatic nitrogens is 1. The highest BCUT2D eigenvalue weighted by atomic mass is 16.5. The first-order valence-corrected chi connectivity index (χ1v) is 12.1. The summed E-state index contributed by atoms with van der Waals surface area (Å²) in [7, 11) is 0. The maximum absolute atomic E-state index is 12.5. The number of nitrogens with zero attached hydrogens (tertiary/aromatic N) is 2. The second kappa shape index (κ2) is 7.24. The van der Waals surface area contributed by atoms with E-state index in [9.17, 15) is 9.90 Å². The number of hydrogen-bond acceptors (Lipinski definition) is 5. The van der Waals surface area contributed by atoms with Gasteiger partial charge >= 0.3 is 0 Å². The van der Waals surface area contributed by atoms with E-state index in [2.05, 4.69) is 41.2 Å². The Morgan fingerprint density at radius 1 is 1.22 bits per heavy atom. The van der Waals surface area contributed by atoms with Gasteiger partial charge in [-0.25, -0.2) is 4.98 Å². The number of hydrogen-bond donors (Lipinski definition) is 2. The second-order valence-corrected chi connectivity index (χ2v) is 10.9. The minimum Gasteiger partial charge on any atom is -0.389 e. The molecule has 1 aromatic heterocycles. The Morgan fingerprint density at radius 2 is 2.00 bits per heavy atom. The molecular weight excluding hydrogens is 402 g/mol. The van der Waals surface area contributed by atoms with Crippen molar-refractivity contribution in [3.63, 3.8) is 0 Å². The lowest BCUT2D eigenvalue weighted by molar-refractivity contribution is -0.117. The predicted molar refractivity (Wildman–Crippen MR) is 124 cm³/mol. The van der Waals surface area contributed by atoms with Gasteiger partial charge in [0.1, 0.15) is 5.82 Å². The molecule has 2 saturated carbocycles. The molecule has 2 saturated heterocycles. The molecule has 4 fully saturated rings. The van der Waals surface area contributed by atoms with Gasteiger partial charge in [0.25, 0.3) is 0 Å². The molecule has 2 aliphatic heterocycles. The number of likely N-dealkylation sites (tertiary alicyclic amines) is 1. The molecule has 1 aromatic carbocycles. The van der Waals surface area contributed by atoms with Crippen molar-refractivity contribution in [3.8, 4) is 0 Å². The molecule has 2 aliphatic carbocycles. The van der Waals surface area contributed by atoms with Gasteiger partial charge in [-0.1, -0.05) is 6.07 Å². The van der Waals surface area contributed by atoms with Crippen LogP contribution in [0.3, 0.4) is 0 Å². The number of fused-ring (bicyclic) bond motifs is 1. The molecule has 170 valence electrons. The lowest BCUT2D eigenvalue weighted by Crippen LogP contribution is -2.56. The molecule has 1 amide bonds. The van der Waals surface area contributed by atoms with Crippen LogP contribution in [-0.4, -0.2) is 58.8 Å². The Bertz CT molecular complexity index is 1070. The summed E-state index contributed by atoms with van der Waals surface area (Å²) in [4.78, 5) is 19.5. The molecule has 6 rings (SSSR count). The molecule has 32 heavy (non-hydrogen) atoms. The third kappa shape index (κ3) is 3.35. The lowest BCUT2D eigenvalue weighted by atomic mass is 9.83. The van der Waals surface area contributed by atoms with E-state index in [-0.39, 0.29) is 17.4 Å². The van der Waals surface area contributed by atoms with Gasteiger partial charge in [0.05, 0.1) is 24.9 Å². The second-order valence-electron chi connectivity index (χ2n) is 10.9. The molecule has 3 atom stereocenters. The first kappa shape index (κ1) is 20.6. The summed E-state index contributed by atoms with van der Waals surface area (Å²) in [5.74, 6) is 1.51. The van der Waals surface area contributed by atoms with Crippen molar-refractivity contribution >= 4 is 22.5 Å². The van der Waals surface area contributed by atoms with Crippen LogP contribution < -0.4 is 5.32 Å². The molecular formula is C26H33N3O3. The SMILES string of the molecule is Cc1cc2cnc(NC(=O)[C@@H]3CC34CC4)cc2cc1C1CCN([C@]2(C)COC[C@@H]2O)CC1. The highest BCUT2D eigenvalue weighted by Crippen LogP contribution is 2.70. The number of rotatable bonds is 4. The monoisotopic (exact) mass is 435 g/mol. The number of aliphatic hydroxyl groups is 1. The van der Waals surface area contributed by atoms with Crippen molar-refractivity contribution < 1.29 is 14.6 Å². The fraction of sp³-hybridized carbons (Fsp3) is 0.615. The van der Waals surface area contributed by atoms with Crippen LogP contribution in [0.15, 0.2) is 24.4 Å². The summed E-state index contributed by atoms with van der Waals surface area (Å²) in [5.41, 5.74) is 2.80. The molecule has 0 radical (unpaired) electrons. The molecule has 0 unspecified atom stereocenters. The fourth-order valence-corrected chi connectivity index (χ4v) is 6.13.